The predicted octanol–water partition coefficient (Wildman–Crippen LogP) is 2.04. The Labute approximate surface area is 174 Å². The Balaban J connectivity index is 1.34. The Hall–Kier alpha value is -1.80. The van der Waals surface area contributed by atoms with E-state index in [0.29, 0.717) is 29.8 Å². The average Bonchev–Trinajstić information content (AvgIpc) is 3.25. The molecule has 162 valence electrons. The van der Waals surface area contributed by atoms with E-state index in [1.165, 1.54) is 45.0 Å². The lowest BCUT2D eigenvalue weighted by Crippen LogP contribution is -2.50. The number of rotatable bonds is 7. The maximum atomic E-state index is 11.5. The number of nitrogens with zero attached hydrogens (tertiary/aromatic N) is 2. The van der Waals surface area contributed by atoms with E-state index in [-0.39, 0.29) is 0 Å². The fourth-order valence-electron chi connectivity index (χ4n) is 4.19. The summed E-state index contributed by atoms with van der Waals surface area (Å²) in [5.41, 5.74) is 0. The Bertz CT molecular complexity index is 766. The van der Waals surface area contributed by atoms with Crippen LogP contribution in [0.5, 0.6) is 5.75 Å². The highest BCUT2D eigenvalue weighted by atomic mass is 32.2. The van der Waals surface area contributed by atoms with E-state index in [1.54, 1.807) is 31.3 Å². The van der Waals surface area contributed by atoms with Gasteiger partial charge in [0.1, 0.15) is 12.4 Å². The van der Waals surface area contributed by atoms with Crippen molar-refractivity contribution in [3.63, 3.8) is 0 Å². The number of nitrogens with one attached hydrogen (secondary N) is 2. The number of likely N-dealkylation sites (tertiary alicyclic amines) is 1. The normalized spacial score (nSPS) is 20.0. The van der Waals surface area contributed by atoms with Crippen LogP contribution in [0.1, 0.15) is 38.5 Å². The van der Waals surface area contributed by atoms with Crippen LogP contribution in [-0.2, 0) is 9.84 Å². The van der Waals surface area contributed by atoms with Gasteiger partial charge < -0.3 is 20.3 Å². The summed E-state index contributed by atoms with van der Waals surface area (Å²) in [6, 6.07) is 7.77. The zero-order chi connectivity index (χ0) is 20.7. The summed E-state index contributed by atoms with van der Waals surface area (Å²) in [5, 5.41) is 6.82. The molecule has 1 heterocycles. The summed E-state index contributed by atoms with van der Waals surface area (Å²) in [7, 11) is -1.39. The molecule has 0 aromatic heterocycles. The first kappa shape index (κ1) is 21.9. The summed E-state index contributed by atoms with van der Waals surface area (Å²) in [6.07, 6.45) is 9.04. The largest absolute Gasteiger partial charge is 0.492 e. The van der Waals surface area contributed by atoms with Crippen LogP contribution in [0.4, 0.5) is 0 Å². The van der Waals surface area contributed by atoms with Gasteiger partial charge in [-0.05, 0) is 49.9 Å². The van der Waals surface area contributed by atoms with E-state index in [1.807, 2.05) is 0 Å². The van der Waals surface area contributed by atoms with Crippen LogP contribution < -0.4 is 15.4 Å². The lowest BCUT2D eigenvalue weighted by Gasteiger charge is -2.36. The van der Waals surface area contributed by atoms with Crippen molar-refractivity contribution in [2.24, 2.45) is 4.99 Å². The summed E-state index contributed by atoms with van der Waals surface area (Å²) in [5.74, 6) is 1.46. The Morgan fingerprint density at radius 3 is 2.38 bits per heavy atom. The van der Waals surface area contributed by atoms with Gasteiger partial charge in [-0.25, -0.2) is 8.42 Å². The molecule has 1 aromatic carbocycles. The van der Waals surface area contributed by atoms with Gasteiger partial charge in [0.15, 0.2) is 15.8 Å². The predicted molar refractivity (Wildman–Crippen MR) is 116 cm³/mol. The minimum Gasteiger partial charge on any atom is -0.492 e. The number of sulfone groups is 1. The number of hydrogen-bond acceptors (Lipinski definition) is 5. The highest BCUT2D eigenvalue weighted by Crippen LogP contribution is 2.26. The Morgan fingerprint density at radius 1 is 1.14 bits per heavy atom. The topological polar surface area (TPSA) is 83.0 Å². The van der Waals surface area contributed by atoms with Crippen molar-refractivity contribution in [1.82, 2.24) is 15.5 Å². The molecule has 0 unspecified atom stereocenters. The number of hydrogen-bond donors (Lipinski definition) is 2. The second-order valence-electron chi connectivity index (χ2n) is 7.98. The molecule has 2 N–H and O–H groups in total. The number of piperidine rings is 1. The first-order valence-corrected chi connectivity index (χ1v) is 12.5. The summed E-state index contributed by atoms with van der Waals surface area (Å²) in [6.45, 7) is 3.44. The fourth-order valence-corrected chi connectivity index (χ4v) is 4.82. The molecule has 7 nitrogen and oxygen atoms in total. The van der Waals surface area contributed by atoms with Gasteiger partial charge in [-0.2, -0.15) is 0 Å². The number of aliphatic imine (C=N–C) groups is 1. The van der Waals surface area contributed by atoms with Crippen molar-refractivity contribution in [3.8, 4) is 5.75 Å². The second kappa shape index (κ2) is 10.3. The molecule has 1 aliphatic carbocycles. The quantitative estimate of drug-likeness (QED) is 0.398. The second-order valence-corrected chi connectivity index (χ2v) is 10.00. The van der Waals surface area contributed by atoms with E-state index >= 15 is 0 Å². The molecule has 2 fully saturated rings. The van der Waals surface area contributed by atoms with Crippen LogP contribution in [0, 0.1) is 0 Å². The van der Waals surface area contributed by atoms with Gasteiger partial charge in [-0.3, -0.25) is 4.99 Å². The maximum absolute atomic E-state index is 11.5. The van der Waals surface area contributed by atoms with Gasteiger partial charge in [0.2, 0.25) is 0 Å². The molecule has 1 saturated heterocycles. The molecule has 1 aliphatic heterocycles. The van der Waals surface area contributed by atoms with Crippen LogP contribution in [0.15, 0.2) is 34.2 Å². The van der Waals surface area contributed by atoms with E-state index < -0.39 is 9.84 Å². The molecule has 0 amide bonds. The maximum Gasteiger partial charge on any atom is 0.191 e. The molecule has 1 aromatic rings. The van der Waals surface area contributed by atoms with Gasteiger partial charge in [0, 0.05) is 38.5 Å². The van der Waals surface area contributed by atoms with Gasteiger partial charge in [0.05, 0.1) is 11.4 Å². The van der Waals surface area contributed by atoms with Crippen LogP contribution in [0.3, 0.4) is 0 Å². The van der Waals surface area contributed by atoms with E-state index in [2.05, 4.69) is 20.5 Å². The zero-order valence-electron chi connectivity index (χ0n) is 17.6. The van der Waals surface area contributed by atoms with Crippen molar-refractivity contribution < 1.29 is 13.2 Å². The molecular weight excluding hydrogens is 388 g/mol. The first-order chi connectivity index (χ1) is 14.0. The van der Waals surface area contributed by atoms with Crippen molar-refractivity contribution in [2.45, 2.75) is 55.5 Å². The summed E-state index contributed by atoms with van der Waals surface area (Å²) < 4.78 is 28.7. The van der Waals surface area contributed by atoms with Crippen molar-refractivity contribution in [1.29, 1.82) is 0 Å². The average molecular weight is 423 g/mol. The minimum atomic E-state index is -3.18. The Kier molecular flexibility index (Phi) is 7.77. The SMILES string of the molecule is CN=C(NCCOc1ccc(S(C)(=O)=O)cc1)NC1CCN(C2CCCC2)CC1. The van der Waals surface area contributed by atoms with Gasteiger partial charge >= 0.3 is 0 Å². The lowest BCUT2D eigenvalue weighted by molar-refractivity contribution is 0.150. The van der Waals surface area contributed by atoms with Crippen molar-refractivity contribution in [2.75, 3.05) is 39.5 Å². The third kappa shape index (κ3) is 6.60. The number of ether oxygens (including phenoxy) is 1. The van der Waals surface area contributed by atoms with E-state index in [0.717, 1.165) is 24.8 Å². The van der Waals surface area contributed by atoms with Crippen LogP contribution in [-0.4, -0.2) is 70.9 Å². The molecular formula is C21H34N4O3S. The smallest absolute Gasteiger partial charge is 0.191 e. The van der Waals surface area contributed by atoms with Crippen molar-refractivity contribution in [3.05, 3.63) is 24.3 Å². The number of guanidine groups is 1. The minimum absolute atomic E-state index is 0.298. The van der Waals surface area contributed by atoms with Crippen LogP contribution >= 0.6 is 0 Å². The highest BCUT2D eigenvalue weighted by Gasteiger charge is 2.27. The summed E-state index contributed by atoms with van der Waals surface area (Å²) >= 11 is 0. The van der Waals surface area contributed by atoms with E-state index in [9.17, 15) is 8.42 Å². The van der Waals surface area contributed by atoms with E-state index in [4.69, 9.17) is 4.74 Å². The lowest BCUT2D eigenvalue weighted by atomic mass is 10.0. The molecule has 0 bridgehead atoms. The van der Waals surface area contributed by atoms with Crippen LogP contribution in [0.25, 0.3) is 0 Å². The summed E-state index contributed by atoms with van der Waals surface area (Å²) in [4.78, 5) is 7.29. The van der Waals surface area contributed by atoms with Crippen molar-refractivity contribution >= 4 is 15.8 Å². The molecule has 8 heteroatoms. The van der Waals surface area contributed by atoms with Gasteiger partial charge in [-0.15, -0.1) is 0 Å². The molecule has 3 rings (SSSR count). The third-order valence-electron chi connectivity index (χ3n) is 5.85. The molecule has 0 spiro atoms. The molecule has 1 saturated carbocycles. The Morgan fingerprint density at radius 2 is 1.79 bits per heavy atom. The van der Waals surface area contributed by atoms with Crippen LogP contribution in [0.2, 0.25) is 0 Å². The van der Waals surface area contributed by atoms with Gasteiger partial charge in [-0.1, -0.05) is 12.8 Å². The fraction of sp³-hybridized carbons (Fsp3) is 0.667. The standard InChI is InChI=1S/C21H34N4O3S/c1-22-21(24-17-11-14-25(15-12-17)18-5-3-4-6-18)23-13-16-28-19-7-9-20(10-8-19)29(2,26)27/h7-10,17-18H,3-6,11-16H2,1-2H3,(H2,22,23,24). The number of benzene rings is 1. The highest BCUT2D eigenvalue weighted by molar-refractivity contribution is 7.90. The van der Waals surface area contributed by atoms with Gasteiger partial charge in [0.25, 0.3) is 0 Å². The first-order valence-electron chi connectivity index (χ1n) is 10.6. The molecule has 29 heavy (non-hydrogen) atoms. The monoisotopic (exact) mass is 422 g/mol. The molecule has 0 atom stereocenters. The molecule has 2 aliphatic rings. The molecule has 0 radical (unpaired) electrons. The zero-order valence-corrected chi connectivity index (χ0v) is 18.4. The third-order valence-corrected chi connectivity index (χ3v) is 6.98.